The van der Waals surface area contributed by atoms with Gasteiger partial charge in [0.15, 0.2) is 11.2 Å². The highest BCUT2D eigenvalue weighted by Crippen LogP contribution is 2.25. The van der Waals surface area contributed by atoms with E-state index in [9.17, 15) is 8.78 Å². The van der Waals surface area contributed by atoms with Gasteiger partial charge in [0.2, 0.25) is 11.8 Å². The monoisotopic (exact) mass is 393 g/mol. The first-order valence-electron chi connectivity index (χ1n) is 9.04. The van der Waals surface area contributed by atoms with Gasteiger partial charge in [0.1, 0.15) is 11.6 Å². The van der Waals surface area contributed by atoms with Gasteiger partial charge in [-0.25, -0.2) is 18.7 Å². The predicted molar refractivity (Wildman–Crippen MR) is 105 cm³/mol. The van der Waals surface area contributed by atoms with Crippen LogP contribution in [0.3, 0.4) is 0 Å². The highest BCUT2D eigenvalue weighted by atomic mass is 19.1. The second-order valence-electron chi connectivity index (χ2n) is 6.20. The predicted octanol–water partition coefficient (Wildman–Crippen LogP) is 4.38. The molecule has 2 aromatic carbocycles. The Labute approximate surface area is 165 Å². The van der Waals surface area contributed by atoms with Crippen LogP contribution in [0.4, 0.5) is 14.7 Å². The largest absolute Gasteiger partial charge is 0.476 e. The number of anilines is 1. The van der Waals surface area contributed by atoms with Crippen molar-refractivity contribution in [1.82, 2.24) is 19.9 Å². The second-order valence-corrected chi connectivity index (χ2v) is 6.20. The summed E-state index contributed by atoms with van der Waals surface area (Å²) >= 11 is 0. The molecule has 0 amide bonds. The highest BCUT2D eigenvalue weighted by molar-refractivity contribution is 5.79. The molecule has 0 bridgehead atoms. The molecule has 0 aliphatic carbocycles. The minimum Gasteiger partial charge on any atom is -0.476 e. The van der Waals surface area contributed by atoms with E-state index in [-0.39, 0.29) is 11.6 Å². The Hall–Kier alpha value is -3.68. The Bertz CT molecular complexity index is 1130. The molecule has 0 saturated carbocycles. The quantitative estimate of drug-likeness (QED) is 0.524. The topological polar surface area (TPSA) is 72.8 Å². The Morgan fingerprint density at radius 2 is 1.59 bits per heavy atom. The van der Waals surface area contributed by atoms with Crippen molar-refractivity contribution < 1.29 is 13.5 Å². The molecule has 0 unspecified atom stereocenters. The van der Waals surface area contributed by atoms with E-state index >= 15 is 0 Å². The Morgan fingerprint density at radius 3 is 2.28 bits per heavy atom. The fraction of sp³-hybridized carbons (Fsp3) is 0.143. The van der Waals surface area contributed by atoms with Crippen molar-refractivity contribution in [2.45, 2.75) is 13.5 Å². The molecule has 0 atom stereocenters. The SMILES string of the molecule is CCOc1nc(NCc2ccc(F)cc2)nc2ncc(-c3ccc(F)cc3)nc12. The molecule has 29 heavy (non-hydrogen) atoms. The summed E-state index contributed by atoms with van der Waals surface area (Å²) in [6.45, 7) is 2.65. The van der Waals surface area contributed by atoms with Crippen LogP contribution >= 0.6 is 0 Å². The lowest BCUT2D eigenvalue weighted by atomic mass is 10.1. The molecule has 8 heteroatoms. The lowest BCUT2D eigenvalue weighted by Crippen LogP contribution is -2.07. The van der Waals surface area contributed by atoms with Crippen LogP contribution in [-0.2, 0) is 6.54 Å². The third-order valence-electron chi connectivity index (χ3n) is 4.16. The Balaban J connectivity index is 1.66. The molecule has 2 heterocycles. The van der Waals surface area contributed by atoms with Crippen LogP contribution < -0.4 is 10.1 Å². The van der Waals surface area contributed by atoms with Gasteiger partial charge in [0.05, 0.1) is 18.5 Å². The van der Waals surface area contributed by atoms with Crippen molar-refractivity contribution in [3.63, 3.8) is 0 Å². The van der Waals surface area contributed by atoms with Crippen LogP contribution in [0.25, 0.3) is 22.4 Å². The Kier molecular flexibility index (Phi) is 5.24. The molecule has 1 N–H and O–H groups in total. The van der Waals surface area contributed by atoms with Crippen molar-refractivity contribution in [3.8, 4) is 17.1 Å². The number of ether oxygens (including phenoxy) is 1. The molecular formula is C21H17F2N5O. The fourth-order valence-corrected chi connectivity index (χ4v) is 2.74. The molecule has 0 aliphatic rings. The maximum absolute atomic E-state index is 13.2. The van der Waals surface area contributed by atoms with Crippen molar-refractivity contribution in [1.29, 1.82) is 0 Å². The van der Waals surface area contributed by atoms with Crippen LogP contribution in [0.15, 0.2) is 54.7 Å². The lowest BCUT2D eigenvalue weighted by molar-refractivity contribution is 0.330. The van der Waals surface area contributed by atoms with Gasteiger partial charge in [-0.15, -0.1) is 0 Å². The van der Waals surface area contributed by atoms with Crippen LogP contribution in [-0.4, -0.2) is 26.5 Å². The summed E-state index contributed by atoms with van der Waals surface area (Å²) in [5.41, 5.74) is 2.96. The summed E-state index contributed by atoms with van der Waals surface area (Å²) in [4.78, 5) is 17.7. The molecule has 0 aliphatic heterocycles. The summed E-state index contributed by atoms with van der Waals surface area (Å²) in [7, 11) is 0. The van der Waals surface area contributed by atoms with Crippen molar-refractivity contribution in [3.05, 3.63) is 71.9 Å². The summed E-state index contributed by atoms with van der Waals surface area (Å²) < 4.78 is 31.9. The first-order valence-corrected chi connectivity index (χ1v) is 9.04. The Morgan fingerprint density at radius 1 is 0.897 bits per heavy atom. The van der Waals surface area contributed by atoms with Crippen molar-refractivity contribution in [2.75, 3.05) is 11.9 Å². The molecule has 6 nitrogen and oxygen atoms in total. The van der Waals surface area contributed by atoms with Crippen LogP contribution in [0, 0.1) is 11.6 Å². The van der Waals surface area contributed by atoms with E-state index in [4.69, 9.17) is 4.74 Å². The lowest BCUT2D eigenvalue weighted by Gasteiger charge is -2.10. The van der Waals surface area contributed by atoms with Gasteiger partial charge in [-0.05, 0) is 48.9 Å². The number of nitrogens with zero attached hydrogens (tertiary/aromatic N) is 4. The summed E-state index contributed by atoms with van der Waals surface area (Å²) in [6.07, 6.45) is 1.57. The molecule has 0 spiro atoms. The molecular weight excluding hydrogens is 376 g/mol. The van der Waals surface area contributed by atoms with Crippen molar-refractivity contribution in [2.24, 2.45) is 0 Å². The van der Waals surface area contributed by atoms with E-state index < -0.39 is 0 Å². The third kappa shape index (κ3) is 4.26. The number of nitrogens with one attached hydrogen (secondary N) is 1. The van der Waals surface area contributed by atoms with Gasteiger partial charge in [-0.1, -0.05) is 12.1 Å². The number of rotatable bonds is 6. The fourth-order valence-electron chi connectivity index (χ4n) is 2.74. The van der Waals surface area contributed by atoms with Crippen LogP contribution in [0.5, 0.6) is 5.88 Å². The normalized spacial score (nSPS) is 10.9. The zero-order valence-electron chi connectivity index (χ0n) is 15.6. The van der Waals surface area contributed by atoms with Gasteiger partial charge in [-0.2, -0.15) is 9.97 Å². The van der Waals surface area contributed by atoms with Gasteiger partial charge >= 0.3 is 0 Å². The minimum absolute atomic E-state index is 0.290. The van der Waals surface area contributed by atoms with E-state index in [0.717, 1.165) is 11.1 Å². The molecule has 4 rings (SSSR count). The molecule has 146 valence electrons. The van der Waals surface area contributed by atoms with E-state index in [1.165, 1.54) is 24.3 Å². The average Bonchev–Trinajstić information content (AvgIpc) is 2.74. The number of hydrogen-bond acceptors (Lipinski definition) is 6. The summed E-state index contributed by atoms with van der Waals surface area (Å²) in [6, 6.07) is 12.1. The summed E-state index contributed by atoms with van der Waals surface area (Å²) in [5.74, 6) is 0.0175. The molecule has 0 saturated heterocycles. The highest BCUT2D eigenvalue weighted by Gasteiger charge is 2.13. The van der Waals surface area contributed by atoms with Gasteiger partial charge in [0, 0.05) is 12.1 Å². The summed E-state index contributed by atoms with van der Waals surface area (Å²) in [5, 5.41) is 3.09. The maximum Gasteiger partial charge on any atom is 0.247 e. The van der Waals surface area contributed by atoms with E-state index in [1.54, 1.807) is 30.5 Å². The molecule has 0 radical (unpaired) electrons. The zero-order chi connectivity index (χ0) is 20.2. The number of halogens is 2. The van der Waals surface area contributed by atoms with E-state index in [1.807, 2.05) is 6.92 Å². The zero-order valence-corrected chi connectivity index (χ0v) is 15.6. The molecule has 2 aromatic heterocycles. The van der Waals surface area contributed by atoms with E-state index in [0.29, 0.717) is 41.8 Å². The number of benzene rings is 2. The van der Waals surface area contributed by atoms with Crippen LogP contribution in [0.1, 0.15) is 12.5 Å². The smallest absolute Gasteiger partial charge is 0.247 e. The molecule has 0 fully saturated rings. The first kappa shape index (κ1) is 18.7. The standard InChI is InChI=1S/C21H17F2N5O/c1-2-29-20-18-19(24-12-17(26-18)14-5-9-16(23)10-6-14)27-21(28-20)25-11-13-3-7-15(22)8-4-13/h3-10,12H,2,11H2,1H3,(H,24,25,27,28). The third-order valence-corrected chi connectivity index (χ3v) is 4.16. The van der Waals surface area contributed by atoms with Crippen LogP contribution in [0.2, 0.25) is 0 Å². The maximum atomic E-state index is 13.2. The first-order chi connectivity index (χ1) is 14.1. The van der Waals surface area contributed by atoms with Crippen molar-refractivity contribution >= 4 is 17.1 Å². The van der Waals surface area contributed by atoms with E-state index in [2.05, 4.69) is 25.3 Å². The second kappa shape index (κ2) is 8.14. The average molecular weight is 393 g/mol. The number of hydrogen-bond donors (Lipinski definition) is 1. The van der Waals surface area contributed by atoms with Gasteiger partial charge < -0.3 is 10.1 Å². The minimum atomic E-state index is -0.322. The number of fused-ring (bicyclic) bond motifs is 1. The van der Waals surface area contributed by atoms with Gasteiger partial charge in [-0.3, -0.25) is 0 Å². The molecule has 4 aromatic rings. The number of aromatic nitrogens is 4. The van der Waals surface area contributed by atoms with Gasteiger partial charge in [0.25, 0.3) is 0 Å².